The van der Waals surface area contributed by atoms with Crippen LogP contribution in [0.2, 0.25) is 0 Å². The Bertz CT molecular complexity index is 978. The summed E-state index contributed by atoms with van der Waals surface area (Å²) in [5, 5.41) is 3.20. The molecule has 0 unspecified atom stereocenters. The van der Waals surface area contributed by atoms with E-state index in [1.165, 1.54) is 5.56 Å². The molecule has 0 N–H and O–H groups in total. The Kier molecular flexibility index (Phi) is 6.99. The number of piperazine rings is 1. The molecule has 1 fully saturated rings. The normalized spacial score (nSPS) is 14.7. The Morgan fingerprint density at radius 1 is 1.03 bits per heavy atom. The number of carbonyl (C=O) groups is 1. The Balaban J connectivity index is 1.22. The molecule has 4 rings (SSSR count). The maximum Gasteiger partial charge on any atom is 0.260 e. The van der Waals surface area contributed by atoms with E-state index in [9.17, 15) is 4.79 Å². The average molecular weight is 436 g/mol. The van der Waals surface area contributed by atoms with Gasteiger partial charge in [0.15, 0.2) is 6.61 Å². The van der Waals surface area contributed by atoms with Crippen molar-refractivity contribution in [3.05, 3.63) is 71.2 Å². The third-order valence-corrected chi connectivity index (χ3v) is 6.53. The van der Waals surface area contributed by atoms with Gasteiger partial charge >= 0.3 is 0 Å². The fraction of sp³-hybridized carbons (Fsp3) is 0.360. The quantitative estimate of drug-likeness (QED) is 0.542. The van der Waals surface area contributed by atoms with Gasteiger partial charge in [-0.3, -0.25) is 9.69 Å². The number of nitrogens with zero attached hydrogens (tertiary/aromatic N) is 3. The molecule has 2 heterocycles. The molecule has 0 aliphatic carbocycles. The lowest BCUT2D eigenvalue weighted by Gasteiger charge is -2.34. The molecule has 1 aromatic heterocycles. The maximum atomic E-state index is 12.5. The largest absolute Gasteiger partial charge is 0.484 e. The van der Waals surface area contributed by atoms with Gasteiger partial charge in [0.05, 0.1) is 5.69 Å². The number of carbonyl (C=O) groups excluding carboxylic acids is 1. The fourth-order valence-corrected chi connectivity index (χ4v) is 4.48. The Hall–Kier alpha value is -2.70. The van der Waals surface area contributed by atoms with Gasteiger partial charge in [0.25, 0.3) is 5.91 Å². The molecule has 1 amide bonds. The second-order valence-corrected chi connectivity index (χ2v) is 9.04. The summed E-state index contributed by atoms with van der Waals surface area (Å²) in [5.74, 6) is 1.28. The topological polar surface area (TPSA) is 45.7 Å². The highest BCUT2D eigenvalue weighted by Crippen LogP contribution is 2.24. The molecule has 31 heavy (non-hydrogen) atoms. The summed E-state index contributed by atoms with van der Waals surface area (Å²) in [7, 11) is 0. The lowest BCUT2D eigenvalue weighted by Crippen LogP contribution is -2.49. The van der Waals surface area contributed by atoms with Crippen LogP contribution in [-0.2, 0) is 11.3 Å². The fourth-order valence-electron chi connectivity index (χ4n) is 3.66. The molecule has 5 nitrogen and oxygen atoms in total. The standard InChI is InChI=1S/C25H29N3O2S/c1-19(2)20-8-10-23(11-9-20)30-17-24(29)28-14-12-27(13-15-28)16-22-18-31-25(26-22)21-6-4-3-5-7-21/h3-11,18-19H,12-17H2,1-2H3. The van der Waals surface area contributed by atoms with E-state index in [0.29, 0.717) is 5.92 Å². The summed E-state index contributed by atoms with van der Waals surface area (Å²) in [6.45, 7) is 8.40. The lowest BCUT2D eigenvalue weighted by molar-refractivity contribution is -0.135. The number of aromatic nitrogens is 1. The first kappa shape index (κ1) is 21.5. The molecule has 1 saturated heterocycles. The molecule has 0 spiro atoms. The summed E-state index contributed by atoms with van der Waals surface area (Å²) in [6, 6.07) is 18.3. The van der Waals surface area contributed by atoms with Crippen molar-refractivity contribution in [1.82, 2.24) is 14.8 Å². The first-order valence-corrected chi connectivity index (χ1v) is 11.7. The highest BCUT2D eigenvalue weighted by atomic mass is 32.1. The molecule has 1 aliphatic rings. The third kappa shape index (κ3) is 5.71. The van der Waals surface area contributed by atoms with E-state index in [0.717, 1.165) is 54.7 Å². The van der Waals surface area contributed by atoms with Crippen LogP contribution in [0.25, 0.3) is 10.6 Å². The predicted octanol–water partition coefficient (Wildman–Crippen LogP) is 4.66. The second-order valence-electron chi connectivity index (χ2n) is 8.18. The summed E-state index contributed by atoms with van der Waals surface area (Å²) in [5.41, 5.74) is 3.52. The van der Waals surface area contributed by atoms with Crippen molar-refractivity contribution in [2.75, 3.05) is 32.8 Å². The van der Waals surface area contributed by atoms with E-state index in [2.05, 4.69) is 48.4 Å². The SMILES string of the molecule is CC(C)c1ccc(OCC(=O)N2CCN(Cc3csc(-c4ccccc4)n3)CC2)cc1. The zero-order valence-electron chi connectivity index (χ0n) is 18.2. The molecule has 162 valence electrons. The van der Waals surface area contributed by atoms with Crippen LogP contribution < -0.4 is 4.74 Å². The van der Waals surface area contributed by atoms with Crippen molar-refractivity contribution < 1.29 is 9.53 Å². The van der Waals surface area contributed by atoms with Crippen LogP contribution in [0.5, 0.6) is 5.75 Å². The zero-order valence-corrected chi connectivity index (χ0v) is 19.0. The molecule has 0 saturated carbocycles. The second kappa shape index (κ2) is 10.1. The minimum atomic E-state index is 0.0487. The highest BCUT2D eigenvalue weighted by Gasteiger charge is 2.22. The molecular formula is C25H29N3O2S. The first-order chi connectivity index (χ1) is 15.1. The van der Waals surface area contributed by atoms with E-state index in [1.54, 1.807) is 11.3 Å². The number of amides is 1. The number of hydrogen-bond acceptors (Lipinski definition) is 5. The van der Waals surface area contributed by atoms with Gasteiger partial charge in [-0.15, -0.1) is 11.3 Å². The van der Waals surface area contributed by atoms with Crippen LogP contribution in [0.4, 0.5) is 0 Å². The Morgan fingerprint density at radius 3 is 2.42 bits per heavy atom. The molecule has 1 aliphatic heterocycles. The van der Waals surface area contributed by atoms with Gasteiger partial charge in [0, 0.05) is 43.7 Å². The van der Waals surface area contributed by atoms with E-state index < -0.39 is 0 Å². The zero-order chi connectivity index (χ0) is 21.6. The minimum absolute atomic E-state index is 0.0487. The highest BCUT2D eigenvalue weighted by molar-refractivity contribution is 7.13. The number of rotatable bonds is 7. The average Bonchev–Trinajstić information content (AvgIpc) is 3.27. The summed E-state index contributed by atoms with van der Waals surface area (Å²) >= 11 is 1.68. The van der Waals surface area contributed by atoms with Crippen molar-refractivity contribution in [1.29, 1.82) is 0 Å². The van der Waals surface area contributed by atoms with E-state index in [-0.39, 0.29) is 12.5 Å². The molecule has 2 aromatic carbocycles. The van der Waals surface area contributed by atoms with Crippen LogP contribution in [0.1, 0.15) is 31.0 Å². The van der Waals surface area contributed by atoms with Crippen LogP contribution in [0, 0.1) is 0 Å². The molecule has 0 bridgehead atoms. The maximum absolute atomic E-state index is 12.5. The van der Waals surface area contributed by atoms with Gasteiger partial charge < -0.3 is 9.64 Å². The Morgan fingerprint density at radius 2 is 1.74 bits per heavy atom. The van der Waals surface area contributed by atoms with Crippen LogP contribution >= 0.6 is 11.3 Å². The molecule has 3 aromatic rings. The van der Waals surface area contributed by atoms with Gasteiger partial charge in [-0.1, -0.05) is 56.3 Å². The number of ether oxygens (including phenoxy) is 1. The summed E-state index contributed by atoms with van der Waals surface area (Å²) in [4.78, 5) is 21.6. The van der Waals surface area contributed by atoms with E-state index >= 15 is 0 Å². The molecule has 6 heteroatoms. The summed E-state index contributed by atoms with van der Waals surface area (Å²) < 4.78 is 5.71. The summed E-state index contributed by atoms with van der Waals surface area (Å²) in [6.07, 6.45) is 0. The van der Waals surface area contributed by atoms with Crippen molar-refractivity contribution in [3.8, 4) is 16.3 Å². The minimum Gasteiger partial charge on any atom is -0.484 e. The van der Waals surface area contributed by atoms with E-state index in [4.69, 9.17) is 9.72 Å². The van der Waals surface area contributed by atoms with Gasteiger partial charge in [-0.25, -0.2) is 4.98 Å². The van der Waals surface area contributed by atoms with Crippen molar-refractivity contribution >= 4 is 17.2 Å². The van der Waals surface area contributed by atoms with Gasteiger partial charge in [0.1, 0.15) is 10.8 Å². The van der Waals surface area contributed by atoms with Crippen molar-refractivity contribution in [3.63, 3.8) is 0 Å². The number of benzene rings is 2. The van der Waals surface area contributed by atoms with Gasteiger partial charge in [-0.05, 0) is 23.6 Å². The molecule has 0 radical (unpaired) electrons. The number of hydrogen-bond donors (Lipinski definition) is 0. The van der Waals surface area contributed by atoms with Crippen molar-refractivity contribution in [2.24, 2.45) is 0 Å². The lowest BCUT2D eigenvalue weighted by atomic mass is 10.0. The van der Waals surface area contributed by atoms with Gasteiger partial charge in [-0.2, -0.15) is 0 Å². The molecular weight excluding hydrogens is 406 g/mol. The van der Waals surface area contributed by atoms with Crippen molar-refractivity contribution in [2.45, 2.75) is 26.3 Å². The predicted molar refractivity (Wildman–Crippen MR) is 125 cm³/mol. The van der Waals surface area contributed by atoms with E-state index in [1.807, 2.05) is 35.2 Å². The molecule has 0 atom stereocenters. The van der Waals surface area contributed by atoms with Gasteiger partial charge in [0.2, 0.25) is 0 Å². The first-order valence-electron chi connectivity index (χ1n) is 10.8. The number of thiazole rings is 1. The van der Waals surface area contributed by atoms with Crippen LogP contribution in [0.15, 0.2) is 60.0 Å². The third-order valence-electron chi connectivity index (χ3n) is 5.59. The van der Waals surface area contributed by atoms with Crippen LogP contribution in [0.3, 0.4) is 0 Å². The smallest absolute Gasteiger partial charge is 0.260 e. The Labute approximate surface area is 188 Å². The van der Waals surface area contributed by atoms with Crippen LogP contribution in [-0.4, -0.2) is 53.5 Å². The monoisotopic (exact) mass is 435 g/mol.